The van der Waals surface area contributed by atoms with Gasteiger partial charge >= 0.3 is 12.3 Å². The van der Waals surface area contributed by atoms with Crippen molar-refractivity contribution in [2.75, 3.05) is 0 Å². The number of hydrogen-bond donors (Lipinski definition) is 2. The lowest BCUT2D eigenvalue weighted by molar-refractivity contribution is -0.286. The minimum Gasteiger partial charge on any atom is -0.423 e. The van der Waals surface area contributed by atoms with Crippen molar-refractivity contribution in [3.05, 3.63) is 56.8 Å². The Morgan fingerprint density at radius 2 is 0.941 bits per heavy atom. The highest BCUT2D eigenvalue weighted by Gasteiger charge is 2.43. The SMILES string of the molecule is CC1(F)Oc2cc3[nH]c4cc5c(=O)c6cc7c(cc6[nH]c5cc4c(=O)c3cc2O1)OC(F)(F)O7. The standard InChI is InChI=1S/C23H11F3N2O6/c1-22(24)31-16-4-10-14(6-18(16)32-22)27-12-3-9-13(2-8(12)20(10)29)28-15-7-19-17(5-11(15)21(9)30)33-23(25,26)34-19/h2-7H,1H3,(H,27,29)(H,28,30). The van der Waals surface area contributed by atoms with E-state index in [1.54, 1.807) is 0 Å². The molecule has 0 radical (unpaired) electrons. The van der Waals surface area contributed by atoms with E-state index in [1.807, 2.05) is 0 Å². The van der Waals surface area contributed by atoms with E-state index in [-0.39, 0.29) is 55.5 Å². The van der Waals surface area contributed by atoms with Crippen LogP contribution in [0.4, 0.5) is 13.2 Å². The average molecular weight is 468 g/mol. The number of H-pyrrole nitrogens is 2. The molecule has 0 fully saturated rings. The van der Waals surface area contributed by atoms with Gasteiger partial charge in [0.1, 0.15) is 0 Å². The number of nitrogens with one attached hydrogen (secondary N) is 2. The molecule has 0 saturated heterocycles. The third-order valence-corrected chi connectivity index (χ3v) is 5.88. The molecule has 2 aliphatic heterocycles. The van der Waals surface area contributed by atoms with Gasteiger partial charge in [-0.05, 0) is 24.3 Å². The molecule has 2 N–H and O–H groups in total. The number of rotatable bonds is 0. The monoisotopic (exact) mass is 468 g/mol. The van der Waals surface area contributed by atoms with Crippen LogP contribution in [-0.4, -0.2) is 22.3 Å². The quantitative estimate of drug-likeness (QED) is 0.327. The van der Waals surface area contributed by atoms with Gasteiger partial charge in [0.2, 0.25) is 0 Å². The van der Waals surface area contributed by atoms with Gasteiger partial charge in [0.05, 0.1) is 32.8 Å². The summed E-state index contributed by atoms with van der Waals surface area (Å²) in [5.41, 5.74) is 0.434. The summed E-state index contributed by atoms with van der Waals surface area (Å²) in [4.78, 5) is 32.5. The molecule has 5 aromatic rings. The smallest absolute Gasteiger partial charge is 0.423 e. The third-order valence-electron chi connectivity index (χ3n) is 5.88. The van der Waals surface area contributed by atoms with Crippen molar-refractivity contribution in [3.63, 3.8) is 0 Å². The third kappa shape index (κ3) is 2.54. The number of benzene rings is 3. The number of hydrogen-bond acceptors (Lipinski definition) is 6. The molecule has 11 heteroatoms. The van der Waals surface area contributed by atoms with E-state index in [0.717, 1.165) is 6.92 Å². The Bertz CT molecular complexity index is 1740. The maximum Gasteiger partial charge on any atom is 0.586 e. The molecule has 1 atom stereocenters. The predicted octanol–water partition coefficient (Wildman–Crippen LogP) is 4.41. The first-order valence-electron chi connectivity index (χ1n) is 10.1. The van der Waals surface area contributed by atoms with Crippen LogP contribution in [0.5, 0.6) is 23.0 Å². The topological polar surface area (TPSA) is 103 Å². The minimum absolute atomic E-state index is 0.0930. The summed E-state index contributed by atoms with van der Waals surface area (Å²) in [5.74, 6) is -0.244. The molecule has 170 valence electrons. The molecule has 8 nitrogen and oxygen atoms in total. The molecule has 0 amide bonds. The van der Waals surface area contributed by atoms with E-state index >= 15 is 0 Å². The van der Waals surface area contributed by atoms with Crippen molar-refractivity contribution in [1.29, 1.82) is 0 Å². The van der Waals surface area contributed by atoms with Gasteiger partial charge in [-0.25, -0.2) is 0 Å². The van der Waals surface area contributed by atoms with E-state index < -0.39 is 17.8 Å². The lowest BCUT2D eigenvalue weighted by Gasteiger charge is -2.10. The van der Waals surface area contributed by atoms with Crippen LogP contribution in [0.15, 0.2) is 46.0 Å². The lowest BCUT2D eigenvalue weighted by Crippen LogP contribution is -2.27. The Hall–Kier alpha value is -4.41. The van der Waals surface area contributed by atoms with E-state index in [1.165, 1.54) is 36.4 Å². The van der Waals surface area contributed by atoms with Crippen molar-refractivity contribution in [1.82, 2.24) is 9.97 Å². The van der Waals surface area contributed by atoms with E-state index in [4.69, 9.17) is 9.47 Å². The highest BCUT2D eigenvalue weighted by molar-refractivity contribution is 6.03. The van der Waals surface area contributed by atoms with E-state index in [9.17, 15) is 22.8 Å². The van der Waals surface area contributed by atoms with Gasteiger partial charge in [0.15, 0.2) is 33.9 Å². The van der Waals surface area contributed by atoms with Gasteiger partial charge in [-0.2, -0.15) is 4.39 Å². The zero-order valence-corrected chi connectivity index (χ0v) is 17.0. The average Bonchev–Trinajstić information content (AvgIpc) is 3.22. The summed E-state index contributed by atoms with van der Waals surface area (Å²) in [6, 6.07) is 5.91. The first kappa shape index (κ1) is 19.1. The van der Waals surface area contributed by atoms with Crippen LogP contribution in [0, 0.1) is 0 Å². The summed E-state index contributed by atoms with van der Waals surface area (Å²) in [5, 5.41) is 0.822. The molecule has 34 heavy (non-hydrogen) atoms. The molecule has 0 aliphatic carbocycles. The van der Waals surface area contributed by atoms with Crippen LogP contribution in [0.25, 0.3) is 43.6 Å². The maximum atomic E-state index is 14.1. The fourth-order valence-corrected chi connectivity index (χ4v) is 4.47. The summed E-state index contributed by atoms with van der Waals surface area (Å²) in [7, 11) is 0. The maximum absolute atomic E-state index is 14.1. The highest BCUT2D eigenvalue weighted by Crippen LogP contribution is 2.43. The molecular formula is C23H11F3N2O6. The number of fused-ring (bicyclic) bond motifs is 6. The summed E-state index contributed by atoms with van der Waals surface area (Å²) in [6.45, 7) is 1.10. The number of aromatic nitrogens is 2. The molecule has 2 aromatic heterocycles. The Labute approximate surface area is 185 Å². The fraction of sp³-hybridized carbons (Fsp3) is 0.130. The molecule has 1 unspecified atom stereocenters. The fourth-order valence-electron chi connectivity index (χ4n) is 4.47. The first-order chi connectivity index (χ1) is 16.1. The Balaban J connectivity index is 1.51. The molecule has 2 aliphatic rings. The van der Waals surface area contributed by atoms with Crippen molar-refractivity contribution < 1.29 is 32.1 Å². The van der Waals surface area contributed by atoms with Crippen LogP contribution in [0.2, 0.25) is 0 Å². The van der Waals surface area contributed by atoms with Crippen molar-refractivity contribution in [2.45, 2.75) is 19.3 Å². The summed E-state index contributed by atoms with van der Waals surface area (Å²) in [6.07, 6.45) is -3.82. The Kier molecular flexibility index (Phi) is 3.22. The number of ether oxygens (including phenoxy) is 4. The number of aromatic amines is 2. The predicted molar refractivity (Wildman–Crippen MR) is 115 cm³/mol. The highest BCUT2D eigenvalue weighted by atomic mass is 19.3. The van der Waals surface area contributed by atoms with Crippen molar-refractivity contribution in [3.8, 4) is 23.0 Å². The molecule has 3 aromatic carbocycles. The van der Waals surface area contributed by atoms with Crippen LogP contribution in [-0.2, 0) is 0 Å². The van der Waals surface area contributed by atoms with Gasteiger partial charge < -0.3 is 28.9 Å². The zero-order valence-electron chi connectivity index (χ0n) is 17.0. The van der Waals surface area contributed by atoms with Gasteiger partial charge in [0.25, 0.3) is 0 Å². The molecule has 0 saturated carbocycles. The summed E-state index contributed by atoms with van der Waals surface area (Å²) >= 11 is 0. The minimum atomic E-state index is -3.82. The molecule has 0 spiro atoms. The van der Waals surface area contributed by atoms with Gasteiger partial charge in [-0.1, -0.05) is 0 Å². The molecule has 0 bridgehead atoms. The van der Waals surface area contributed by atoms with Gasteiger partial charge in [0, 0.05) is 29.8 Å². The first-order valence-corrected chi connectivity index (χ1v) is 10.1. The lowest BCUT2D eigenvalue weighted by atomic mass is 10.0. The molecule has 7 rings (SSSR count). The van der Waals surface area contributed by atoms with Crippen LogP contribution >= 0.6 is 0 Å². The van der Waals surface area contributed by atoms with Gasteiger partial charge in [-0.3, -0.25) is 9.59 Å². The second-order valence-electron chi connectivity index (χ2n) is 8.25. The number of alkyl halides is 3. The molecular weight excluding hydrogens is 457 g/mol. The second kappa shape index (κ2) is 5.74. The second-order valence-corrected chi connectivity index (χ2v) is 8.25. The van der Waals surface area contributed by atoms with E-state index in [0.29, 0.717) is 16.6 Å². The van der Waals surface area contributed by atoms with Crippen LogP contribution in [0.1, 0.15) is 6.92 Å². The largest absolute Gasteiger partial charge is 0.586 e. The Morgan fingerprint density at radius 3 is 1.44 bits per heavy atom. The van der Waals surface area contributed by atoms with Crippen molar-refractivity contribution >= 4 is 43.6 Å². The van der Waals surface area contributed by atoms with Gasteiger partial charge in [-0.15, -0.1) is 8.78 Å². The number of pyridine rings is 2. The van der Waals surface area contributed by atoms with Crippen LogP contribution in [0.3, 0.4) is 0 Å². The normalized spacial score (nSPS) is 20.1. The van der Waals surface area contributed by atoms with Crippen molar-refractivity contribution in [2.24, 2.45) is 0 Å². The number of halogens is 3. The van der Waals surface area contributed by atoms with Crippen LogP contribution < -0.4 is 29.8 Å². The summed E-state index contributed by atoms with van der Waals surface area (Å²) < 4.78 is 60.1. The Morgan fingerprint density at radius 1 is 0.588 bits per heavy atom. The molecule has 4 heterocycles. The van der Waals surface area contributed by atoms with E-state index in [2.05, 4.69) is 19.4 Å². The zero-order chi connectivity index (χ0) is 23.6.